The quantitative estimate of drug-likeness (QED) is 0.696. The number of aliphatic hydroxyl groups is 1. The predicted molar refractivity (Wildman–Crippen MR) is 60.3 cm³/mol. The van der Waals surface area contributed by atoms with Crippen LogP contribution >= 0.6 is 0 Å². The summed E-state index contributed by atoms with van der Waals surface area (Å²) in [5.74, 6) is 0. The fourth-order valence-corrected chi connectivity index (χ4v) is 1.16. The number of benzene rings is 1. The van der Waals surface area contributed by atoms with Crippen LogP contribution in [0.15, 0.2) is 55.6 Å². The topological polar surface area (TPSA) is 32.3 Å². The van der Waals surface area contributed by atoms with E-state index in [2.05, 4.69) is 18.5 Å². The average Bonchev–Trinajstić information content (AvgIpc) is 2.26. The molecule has 1 aromatic carbocycles. The molecule has 0 heterocycles. The summed E-state index contributed by atoms with van der Waals surface area (Å²) in [6.45, 7) is 7.19. The molecule has 0 spiro atoms. The molecule has 0 aromatic heterocycles. The molecule has 0 aliphatic carbocycles. The van der Waals surface area contributed by atoms with Crippen LogP contribution in [0.4, 0.5) is 5.69 Å². The molecule has 1 rings (SSSR count). The van der Waals surface area contributed by atoms with Gasteiger partial charge in [0, 0.05) is 5.69 Å². The average molecular weight is 189 g/mol. The molecule has 2 nitrogen and oxygen atoms in total. The molecule has 0 amide bonds. The molecule has 0 radical (unpaired) electrons. The Morgan fingerprint density at radius 3 is 2.29 bits per heavy atom. The Labute approximate surface area is 84.6 Å². The zero-order chi connectivity index (χ0) is 10.4. The van der Waals surface area contributed by atoms with Crippen molar-refractivity contribution in [1.82, 2.24) is 0 Å². The third-order valence-corrected chi connectivity index (χ3v) is 1.97. The van der Waals surface area contributed by atoms with Gasteiger partial charge in [0.1, 0.15) is 0 Å². The maximum absolute atomic E-state index is 9.53. The van der Waals surface area contributed by atoms with Crippen molar-refractivity contribution in [3.05, 3.63) is 55.6 Å². The fraction of sp³-hybridized carbons (Fsp3) is 0.167. The third-order valence-electron chi connectivity index (χ3n) is 1.97. The molecular weight excluding hydrogens is 174 g/mol. The van der Waals surface area contributed by atoms with Crippen molar-refractivity contribution in [2.75, 3.05) is 5.32 Å². The van der Waals surface area contributed by atoms with Gasteiger partial charge in [-0.3, -0.25) is 0 Å². The van der Waals surface area contributed by atoms with E-state index < -0.39 is 6.10 Å². The first-order chi connectivity index (χ1) is 6.77. The Morgan fingerprint density at radius 2 is 1.79 bits per heavy atom. The summed E-state index contributed by atoms with van der Waals surface area (Å²) in [6, 6.07) is 9.48. The zero-order valence-electron chi connectivity index (χ0n) is 8.06. The van der Waals surface area contributed by atoms with E-state index >= 15 is 0 Å². The van der Waals surface area contributed by atoms with E-state index in [4.69, 9.17) is 0 Å². The predicted octanol–water partition coefficient (Wildman–Crippen LogP) is 2.20. The minimum absolute atomic E-state index is 0.199. The minimum atomic E-state index is -0.618. The number of hydrogen-bond acceptors (Lipinski definition) is 2. The van der Waals surface area contributed by atoms with Crippen LogP contribution in [-0.4, -0.2) is 17.3 Å². The van der Waals surface area contributed by atoms with Gasteiger partial charge in [-0.25, -0.2) is 0 Å². The van der Waals surface area contributed by atoms with Crippen LogP contribution in [0.25, 0.3) is 0 Å². The molecule has 0 aliphatic heterocycles. The lowest BCUT2D eigenvalue weighted by Crippen LogP contribution is -2.29. The van der Waals surface area contributed by atoms with Gasteiger partial charge in [0.15, 0.2) is 0 Å². The normalized spacial score (nSPS) is 14.1. The molecule has 0 saturated carbocycles. The summed E-state index contributed by atoms with van der Waals surface area (Å²) in [5.41, 5.74) is 0.957. The van der Waals surface area contributed by atoms with Crippen LogP contribution in [0.1, 0.15) is 0 Å². The lowest BCUT2D eigenvalue weighted by Gasteiger charge is -2.19. The first kappa shape index (κ1) is 10.5. The van der Waals surface area contributed by atoms with Crippen LogP contribution in [0, 0.1) is 0 Å². The first-order valence-corrected chi connectivity index (χ1v) is 4.52. The molecule has 74 valence electrons. The van der Waals surface area contributed by atoms with Gasteiger partial charge in [-0.15, -0.1) is 13.2 Å². The zero-order valence-corrected chi connectivity index (χ0v) is 8.06. The van der Waals surface area contributed by atoms with Crippen molar-refractivity contribution >= 4 is 5.69 Å². The van der Waals surface area contributed by atoms with Crippen molar-refractivity contribution in [2.45, 2.75) is 12.1 Å². The highest BCUT2D eigenvalue weighted by molar-refractivity contribution is 5.44. The molecule has 0 unspecified atom stereocenters. The van der Waals surface area contributed by atoms with Gasteiger partial charge in [0.25, 0.3) is 0 Å². The van der Waals surface area contributed by atoms with Gasteiger partial charge in [-0.1, -0.05) is 30.4 Å². The van der Waals surface area contributed by atoms with E-state index in [1.165, 1.54) is 6.08 Å². The third kappa shape index (κ3) is 2.75. The lowest BCUT2D eigenvalue weighted by atomic mass is 10.1. The number of anilines is 1. The molecule has 0 bridgehead atoms. The van der Waals surface area contributed by atoms with Crippen LogP contribution in [-0.2, 0) is 0 Å². The summed E-state index contributed by atoms with van der Waals surface area (Å²) < 4.78 is 0. The van der Waals surface area contributed by atoms with Crippen molar-refractivity contribution in [3.63, 3.8) is 0 Å². The second-order valence-electron chi connectivity index (χ2n) is 3.00. The van der Waals surface area contributed by atoms with E-state index in [0.29, 0.717) is 0 Å². The number of nitrogens with one attached hydrogen (secondary N) is 1. The minimum Gasteiger partial charge on any atom is -0.387 e. The smallest absolute Gasteiger partial charge is 0.0955 e. The summed E-state index contributed by atoms with van der Waals surface area (Å²) in [4.78, 5) is 0. The van der Waals surface area contributed by atoms with Gasteiger partial charge < -0.3 is 10.4 Å². The van der Waals surface area contributed by atoms with Crippen LogP contribution in [0.2, 0.25) is 0 Å². The summed E-state index contributed by atoms with van der Waals surface area (Å²) in [5, 5.41) is 12.7. The van der Waals surface area contributed by atoms with E-state index in [0.717, 1.165) is 5.69 Å². The fourth-order valence-electron chi connectivity index (χ4n) is 1.16. The van der Waals surface area contributed by atoms with Crippen LogP contribution in [0.5, 0.6) is 0 Å². The molecule has 2 heteroatoms. The van der Waals surface area contributed by atoms with Crippen molar-refractivity contribution < 1.29 is 5.11 Å². The Hall–Kier alpha value is -1.54. The van der Waals surface area contributed by atoms with Crippen molar-refractivity contribution in [2.24, 2.45) is 0 Å². The second-order valence-corrected chi connectivity index (χ2v) is 3.00. The van der Waals surface area contributed by atoms with E-state index in [1.54, 1.807) is 6.08 Å². The standard InChI is InChI=1S/C12H15NO/c1-3-11(12(14)4-2)13-10-8-6-5-7-9-10/h3-9,11-14H,1-2H2/t11-,12-/m0/s1. The largest absolute Gasteiger partial charge is 0.387 e. The van der Waals surface area contributed by atoms with Gasteiger partial charge in [0.2, 0.25) is 0 Å². The van der Waals surface area contributed by atoms with Gasteiger partial charge in [-0.2, -0.15) is 0 Å². The van der Waals surface area contributed by atoms with Gasteiger partial charge in [0.05, 0.1) is 12.1 Å². The monoisotopic (exact) mass is 189 g/mol. The summed E-state index contributed by atoms with van der Waals surface area (Å²) >= 11 is 0. The molecule has 1 aromatic rings. The molecular formula is C12H15NO. The molecule has 0 aliphatic rings. The highest BCUT2D eigenvalue weighted by atomic mass is 16.3. The number of aliphatic hydroxyl groups excluding tert-OH is 1. The molecule has 2 atom stereocenters. The Balaban J connectivity index is 2.66. The number of hydrogen-bond donors (Lipinski definition) is 2. The summed E-state index contributed by atoms with van der Waals surface area (Å²) in [6.07, 6.45) is 2.54. The molecule has 0 saturated heterocycles. The maximum Gasteiger partial charge on any atom is 0.0955 e. The molecule has 14 heavy (non-hydrogen) atoms. The van der Waals surface area contributed by atoms with Gasteiger partial charge in [-0.05, 0) is 12.1 Å². The number of para-hydroxylation sites is 1. The van der Waals surface area contributed by atoms with Gasteiger partial charge >= 0.3 is 0 Å². The number of rotatable bonds is 5. The Morgan fingerprint density at radius 1 is 1.14 bits per heavy atom. The second kappa shape index (κ2) is 5.25. The Kier molecular flexibility index (Phi) is 3.95. The SMILES string of the molecule is C=C[C@H](Nc1ccccc1)[C@@H](O)C=C. The van der Waals surface area contributed by atoms with E-state index in [1.807, 2.05) is 30.3 Å². The lowest BCUT2D eigenvalue weighted by molar-refractivity contribution is 0.215. The summed E-state index contributed by atoms with van der Waals surface area (Å²) in [7, 11) is 0. The highest BCUT2D eigenvalue weighted by Gasteiger charge is 2.11. The van der Waals surface area contributed by atoms with E-state index in [-0.39, 0.29) is 6.04 Å². The maximum atomic E-state index is 9.53. The van der Waals surface area contributed by atoms with Crippen LogP contribution < -0.4 is 5.32 Å². The Bertz CT molecular complexity index is 294. The molecule has 2 N–H and O–H groups in total. The molecule has 0 fully saturated rings. The van der Waals surface area contributed by atoms with Crippen molar-refractivity contribution in [1.29, 1.82) is 0 Å². The highest BCUT2D eigenvalue weighted by Crippen LogP contribution is 2.09. The van der Waals surface area contributed by atoms with Crippen LogP contribution in [0.3, 0.4) is 0 Å². The first-order valence-electron chi connectivity index (χ1n) is 4.52. The van der Waals surface area contributed by atoms with E-state index in [9.17, 15) is 5.11 Å². The van der Waals surface area contributed by atoms with Crippen molar-refractivity contribution in [3.8, 4) is 0 Å².